The molecule has 3 rings (SSSR count). The predicted octanol–water partition coefficient (Wildman–Crippen LogP) is 4.67. The number of hydrogen-bond donors (Lipinski definition) is 1. The molecule has 114 valence electrons. The summed E-state index contributed by atoms with van der Waals surface area (Å²) >= 11 is 0. The summed E-state index contributed by atoms with van der Waals surface area (Å²) < 4.78 is 0. The van der Waals surface area contributed by atoms with Gasteiger partial charge in [0.1, 0.15) is 0 Å². The topological polar surface area (TPSA) is 32.3 Å². The fraction of sp³-hybridized carbons (Fsp3) is 0.316. The van der Waals surface area contributed by atoms with E-state index in [-0.39, 0.29) is 12.1 Å². The van der Waals surface area contributed by atoms with E-state index >= 15 is 0 Å². The largest absolute Gasteiger partial charge is 0.322 e. The van der Waals surface area contributed by atoms with Crippen molar-refractivity contribution in [1.29, 1.82) is 0 Å². The molecule has 1 aliphatic heterocycles. The number of nitrogens with zero attached hydrogens (tertiary/aromatic N) is 1. The monoisotopic (exact) mass is 294 g/mol. The highest BCUT2D eigenvalue weighted by atomic mass is 16.2. The summed E-state index contributed by atoms with van der Waals surface area (Å²) in [5.41, 5.74) is 4.56. The highest BCUT2D eigenvalue weighted by Gasteiger charge is 2.30. The van der Waals surface area contributed by atoms with Gasteiger partial charge in [0.2, 0.25) is 0 Å². The molecule has 0 aliphatic carbocycles. The molecule has 1 heterocycles. The first kappa shape index (κ1) is 14.6. The van der Waals surface area contributed by atoms with Crippen molar-refractivity contribution in [2.24, 2.45) is 0 Å². The van der Waals surface area contributed by atoms with Gasteiger partial charge in [-0.05, 0) is 49.9 Å². The van der Waals surface area contributed by atoms with E-state index in [1.165, 1.54) is 16.7 Å². The lowest BCUT2D eigenvalue weighted by molar-refractivity contribution is 0.207. The summed E-state index contributed by atoms with van der Waals surface area (Å²) in [4.78, 5) is 14.6. The summed E-state index contributed by atoms with van der Waals surface area (Å²) in [6.45, 7) is 4.97. The summed E-state index contributed by atoms with van der Waals surface area (Å²) in [5, 5.41) is 3.02. The molecule has 1 saturated heterocycles. The normalized spacial score (nSPS) is 17.5. The zero-order valence-electron chi connectivity index (χ0n) is 13.2. The summed E-state index contributed by atoms with van der Waals surface area (Å²) in [7, 11) is 0. The molecule has 3 nitrogen and oxygen atoms in total. The third kappa shape index (κ3) is 2.98. The van der Waals surface area contributed by atoms with Gasteiger partial charge in [0.05, 0.1) is 6.04 Å². The van der Waals surface area contributed by atoms with Crippen molar-refractivity contribution in [3.05, 3.63) is 65.2 Å². The van der Waals surface area contributed by atoms with Crippen molar-refractivity contribution in [1.82, 2.24) is 4.90 Å². The van der Waals surface area contributed by atoms with Crippen molar-refractivity contribution in [3.8, 4) is 0 Å². The molecule has 0 unspecified atom stereocenters. The average molecular weight is 294 g/mol. The summed E-state index contributed by atoms with van der Waals surface area (Å²) in [6, 6.07) is 16.5. The van der Waals surface area contributed by atoms with Gasteiger partial charge in [0, 0.05) is 12.2 Å². The molecule has 0 bridgehead atoms. The minimum atomic E-state index is -0.00499. The molecular formula is C19H22N2O. The maximum absolute atomic E-state index is 12.6. The number of hydrogen-bond acceptors (Lipinski definition) is 1. The molecule has 2 aromatic carbocycles. The number of carbonyl (C=O) groups is 1. The van der Waals surface area contributed by atoms with Crippen LogP contribution in [-0.4, -0.2) is 17.5 Å². The second-order valence-corrected chi connectivity index (χ2v) is 6.00. The Morgan fingerprint density at radius 3 is 2.55 bits per heavy atom. The molecule has 0 radical (unpaired) electrons. The van der Waals surface area contributed by atoms with E-state index in [1.807, 2.05) is 42.2 Å². The third-order valence-electron chi connectivity index (χ3n) is 4.36. The first-order valence-corrected chi connectivity index (χ1v) is 7.85. The maximum atomic E-state index is 12.6. The van der Waals surface area contributed by atoms with Crippen LogP contribution in [0.15, 0.2) is 48.5 Å². The second kappa shape index (κ2) is 6.22. The van der Waals surface area contributed by atoms with Gasteiger partial charge in [-0.25, -0.2) is 4.79 Å². The van der Waals surface area contributed by atoms with Crippen molar-refractivity contribution in [2.75, 3.05) is 11.9 Å². The van der Waals surface area contributed by atoms with Crippen LogP contribution in [0.1, 0.15) is 35.6 Å². The molecule has 1 fully saturated rings. The number of amides is 2. The second-order valence-electron chi connectivity index (χ2n) is 6.00. The van der Waals surface area contributed by atoms with Crippen LogP contribution in [0, 0.1) is 13.8 Å². The van der Waals surface area contributed by atoms with E-state index in [0.29, 0.717) is 0 Å². The van der Waals surface area contributed by atoms with Crippen LogP contribution in [0.5, 0.6) is 0 Å². The molecule has 0 spiro atoms. The average Bonchev–Trinajstić information content (AvgIpc) is 2.99. The maximum Gasteiger partial charge on any atom is 0.322 e. The molecule has 0 aromatic heterocycles. The van der Waals surface area contributed by atoms with Crippen LogP contribution in [-0.2, 0) is 0 Å². The lowest BCUT2D eigenvalue weighted by atomic mass is 9.99. The lowest BCUT2D eigenvalue weighted by Crippen LogP contribution is -2.34. The van der Waals surface area contributed by atoms with Gasteiger partial charge in [-0.2, -0.15) is 0 Å². The zero-order chi connectivity index (χ0) is 15.5. The van der Waals surface area contributed by atoms with Crippen LogP contribution in [0.3, 0.4) is 0 Å². The molecule has 1 N–H and O–H groups in total. The van der Waals surface area contributed by atoms with Gasteiger partial charge in [-0.3, -0.25) is 0 Å². The molecule has 1 atom stereocenters. The Kier molecular flexibility index (Phi) is 4.14. The first-order chi connectivity index (χ1) is 10.6. The van der Waals surface area contributed by atoms with Crippen LogP contribution >= 0.6 is 0 Å². The fourth-order valence-electron chi connectivity index (χ4n) is 3.13. The summed E-state index contributed by atoms with van der Waals surface area (Å²) in [5.74, 6) is 0. The molecule has 2 amide bonds. The van der Waals surface area contributed by atoms with Crippen molar-refractivity contribution < 1.29 is 4.79 Å². The van der Waals surface area contributed by atoms with Gasteiger partial charge in [0.15, 0.2) is 0 Å². The Hall–Kier alpha value is -2.29. The third-order valence-corrected chi connectivity index (χ3v) is 4.36. The number of carbonyl (C=O) groups excluding carboxylic acids is 1. The standard InChI is InChI=1S/C19H22N2O/c1-14-9-11-16(12-10-14)20-19(22)21-13-5-8-18(21)17-7-4-3-6-15(17)2/h3-4,6-7,9-12,18H,5,8,13H2,1-2H3,(H,20,22)/t18-/m0/s1. The minimum Gasteiger partial charge on any atom is -0.317 e. The Labute approximate surface area is 132 Å². The smallest absolute Gasteiger partial charge is 0.317 e. The zero-order valence-corrected chi connectivity index (χ0v) is 13.2. The minimum absolute atomic E-state index is 0.00499. The van der Waals surface area contributed by atoms with Crippen LogP contribution in [0.25, 0.3) is 0 Å². The van der Waals surface area contributed by atoms with Gasteiger partial charge >= 0.3 is 6.03 Å². The van der Waals surface area contributed by atoms with Gasteiger partial charge in [0.25, 0.3) is 0 Å². The molecule has 1 aliphatic rings. The number of nitrogens with one attached hydrogen (secondary N) is 1. The van der Waals surface area contributed by atoms with Crippen LogP contribution < -0.4 is 5.32 Å². The lowest BCUT2D eigenvalue weighted by Gasteiger charge is -2.26. The van der Waals surface area contributed by atoms with E-state index in [4.69, 9.17) is 0 Å². The van der Waals surface area contributed by atoms with Crippen LogP contribution in [0.2, 0.25) is 0 Å². The van der Waals surface area contributed by atoms with E-state index in [1.54, 1.807) is 0 Å². The Morgan fingerprint density at radius 2 is 1.82 bits per heavy atom. The highest BCUT2D eigenvalue weighted by Crippen LogP contribution is 2.34. The van der Waals surface area contributed by atoms with E-state index in [2.05, 4.69) is 30.4 Å². The number of likely N-dealkylation sites (tertiary alicyclic amines) is 1. The van der Waals surface area contributed by atoms with E-state index in [0.717, 1.165) is 25.1 Å². The highest BCUT2D eigenvalue weighted by molar-refractivity contribution is 5.89. The molecule has 2 aromatic rings. The summed E-state index contributed by atoms with van der Waals surface area (Å²) in [6.07, 6.45) is 2.09. The molecule has 3 heteroatoms. The van der Waals surface area contributed by atoms with Gasteiger partial charge < -0.3 is 10.2 Å². The number of rotatable bonds is 2. The predicted molar refractivity (Wildman–Crippen MR) is 90.1 cm³/mol. The van der Waals surface area contributed by atoms with Crippen molar-refractivity contribution in [3.63, 3.8) is 0 Å². The SMILES string of the molecule is Cc1ccc(NC(=O)N2CCC[C@H]2c2ccccc2C)cc1. The van der Waals surface area contributed by atoms with Crippen LogP contribution in [0.4, 0.5) is 10.5 Å². The van der Waals surface area contributed by atoms with Gasteiger partial charge in [-0.15, -0.1) is 0 Å². The Morgan fingerprint density at radius 1 is 1.09 bits per heavy atom. The van der Waals surface area contributed by atoms with Crippen molar-refractivity contribution >= 4 is 11.7 Å². The first-order valence-electron chi connectivity index (χ1n) is 7.85. The van der Waals surface area contributed by atoms with E-state index in [9.17, 15) is 4.79 Å². The number of anilines is 1. The number of benzene rings is 2. The van der Waals surface area contributed by atoms with E-state index < -0.39 is 0 Å². The Balaban J connectivity index is 1.76. The molecule has 22 heavy (non-hydrogen) atoms. The van der Waals surface area contributed by atoms with Gasteiger partial charge in [-0.1, -0.05) is 42.0 Å². The molecule has 0 saturated carbocycles. The Bertz CT molecular complexity index is 663. The van der Waals surface area contributed by atoms with Crippen molar-refractivity contribution in [2.45, 2.75) is 32.7 Å². The molecular weight excluding hydrogens is 272 g/mol. The number of aryl methyl sites for hydroxylation is 2. The fourth-order valence-corrected chi connectivity index (χ4v) is 3.13. The quantitative estimate of drug-likeness (QED) is 0.857. The number of urea groups is 1.